The Bertz CT molecular complexity index is 394. The predicted octanol–water partition coefficient (Wildman–Crippen LogP) is 1.62. The summed E-state index contributed by atoms with van der Waals surface area (Å²) in [7, 11) is 1.39. The highest BCUT2D eigenvalue weighted by atomic mass is 19.1. The molecule has 1 amide bonds. The molecule has 1 atom stereocenters. The van der Waals surface area contributed by atoms with Crippen molar-refractivity contribution in [2.45, 2.75) is 6.04 Å². The maximum absolute atomic E-state index is 13.3. The van der Waals surface area contributed by atoms with Gasteiger partial charge in [-0.1, -0.05) is 12.1 Å². The number of rotatable bonds is 2. The molecular formula is C10H10FNO3. The highest BCUT2D eigenvalue weighted by Crippen LogP contribution is 2.29. The minimum Gasteiger partial charge on any atom is -0.493 e. The molecule has 1 aliphatic rings. The van der Waals surface area contributed by atoms with Gasteiger partial charge >= 0.3 is 6.09 Å². The van der Waals surface area contributed by atoms with E-state index in [1.807, 2.05) is 0 Å². The number of carbonyl (C=O) groups is 1. The quantitative estimate of drug-likeness (QED) is 0.808. The molecule has 1 fully saturated rings. The zero-order chi connectivity index (χ0) is 10.8. The van der Waals surface area contributed by atoms with Crippen LogP contribution in [0.25, 0.3) is 0 Å². The van der Waals surface area contributed by atoms with Gasteiger partial charge in [0.05, 0.1) is 13.2 Å². The van der Waals surface area contributed by atoms with Crippen LogP contribution in [0.15, 0.2) is 18.2 Å². The predicted molar refractivity (Wildman–Crippen MR) is 50.2 cm³/mol. The number of amides is 1. The first-order valence-corrected chi connectivity index (χ1v) is 4.48. The van der Waals surface area contributed by atoms with E-state index in [1.54, 1.807) is 12.1 Å². The molecule has 80 valence electrons. The SMILES string of the molecule is COc1c(F)cccc1[C@H]1COC(=O)N1. The third kappa shape index (κ3) is 1.72. The lowest BCUT2D eigenvalue weighted by molar-refractivity contribution is 0.176. The fraction of sp³-hybridized carbons (Fsp3) is 0.300. The third-order valence-corrected chi connectivity index (χ3v) is 2.25. The number of para-hydroxylation sites is 1. The monoisotopic (exact) mass is 211 g/mol. The first-order valence-electron chi connectivity index (χ1n) is 4.48. The van der Waals surface area contributed by atoms with Crippen LogP contribution in [0.3, 0.4) is 0 Å². The summed E-state index contributed by atoms with van der Waals surface area (Å²) in [6.07, 6.45) is -0.494. The summed E-state index contributed by atoms with van der Waals surface area (Å²) >= 11 is 0. The molecule has 0 unspecified atom stereocenters. The Morgan fingerprint density at radius 2 is 2.40 bits per heavy atom. The molecule has 1 aromatic carbocycles. The van der Waals surface area contributed by atoms with E-state index in [-0.39, 0.29) is 18.4 Å². The van der Waals surface area contributed by atoms with Crippen molar-refractivity contribution in [2.75, 3.05) is 13.7 Å². The summed E-state index contributed by atoms with van der Waals surface area (Å²) in [5.74, 6) is -0.301. The first-order chi connectivity index (χ1) is 7.22. The van der Waals surface area contributed by atoms with E-state index in [0.29, 0.717) is 5.56 Å². The number of benzene rings is 1. The van der Waals surface area contributed by atoms with E-state index in [0.717, 1.165) is 0 Å². The van der Waals surface area contributed by atoms with Crippen molar-refractivity contribution >= 4 is 6.09 Å². The summed E-state index contributed by atoms with van der Waals surface area (Å²) in [5, 5.41) is 2.56. The Balaban J connectivity index is 2.35. The summed E-state index contributed by atoms with van der Waals surface area (Å²) in [5.41, 5.74) is 0.586. The van der Waals surface area contributed by atoms with Gasteiger partial charge in [-0.05, 0) is 6.07 Å². The van der Waals surface area contributed by atoms with Gasteiger partial charge in [-0.15, -0.1) is 0 Å². The van der Waals surface area contributed by atoms with Crippen LogP contribution in [0.1, 0.15) is 11.6 Å². The van der Waals surface area contributed by atoms with Crippen molar-refractivity contribution in [1.29, 1.82) is 0 Å². The molecule has 15 heavy (non-hydrogen) atoms. The van der Waals surface area contributed by atoms with Gasteiger partial charge in [-0.3, -0.25) is 0 Å². The molecule has 0 bridgehead atoms. The van der Waals surface area contributed by atoms with E-state index in [9.17, 15) is 9.18 Å². The smallest absolute Gasteiger partial charge is 0.407 e. The van der Waals surface area contributed by atoms with Crippen LogP contribution in [0.2, 0.25) is 0 Å². The van der Waals surface area contributed by atoms with Gasteiger partial charge in [-0.25, -0.2) is 9.18 Å². The fourth-order valence-electron chi connectivity index (χ4n) is 1.57. The van der Waals surface area contributed by atoms with E-state index >= 15 is 0 Å². The third-order valence-electron chi connectivity index (χ3n) is 2.25. The number of halogens is 1. The van der Waals surface area contributed by atoms with Gasteiger partial charge in [0, 0.05) is 5.56 Å². The summed E-state index contributed by atoms with van der Waals surface area (Å²) in [6.45, 7) is 0.193. The molecule has 0 aromatic heterocycles. The lowest BCUT2D eigenvalue weighted by atomic mass is 10.1. The van der Waals surface area contributed by atoms with Crippen LogP contribution >= 0.6 is 0 Å². The minimum absolute atomic E-state index is 0.147. The highest BCUT2D eigenvalue weighted by Gasteiger charge is 2.27. The van der Waals surface area contributed by atoms with Crippen molar-refractivity contribution in [1.82, 2.24) is 5.32 Å². The second kappa shape index (κ2) is 3.76. The average Bonchev–Trinajstić information content (AvgIpc) is 2.64. The fourth-order valence-corrected chi connectivity index (χ4v) is 1.57. The van der Waals surface area contributed by atoms with Gasteiger partial charge in [0.2, 0.25) is 0 Å². The Morgan fingerprint density at radius 3 is 3.00 bits per heavy atom. The standard InChI is InChI=1S/C10H10FNO3/c1-14-9-6(3-2-4-7(9)11)8-5-15-10(13)12-8/h2-4,8H,5H2,1H3,(H,12,13)/t8-/m1/s1. The molecule has 2 rings (SSSR count). The molecule has 1 aliphatic heterocycles. The summed E-state index contributed by atoms with van der Waals surface area (Å²) in [6, 6.07) is 4.22. The van der Waals surface area contributed by atoms with E-state index in [2.05, 4.69) is 5.32 Å². The summed E-state index contributed by atoms with van der Waals surface area (Å²) < 4.78 is 23.0. The molecule has 1 saturated heterocycles. The number of hydrogen-bond acceptors (Lipinski definition) is 3. The minimum atomic E-state index is -0.494. The molecule has 1 heterocycles. The molecule has 1 N–H and O–H groups in total. The Hall–Kier alpha value is -1.78. The Labute approximate surface area is 86.0 Å². The van der Waals surface area contributed by atoms with Gasteiger partial charge in [0.25, 0.3) is 0 Å². The van der Waals surface area contributed by atoms with Gasteiger partial charge in [0.1, 0.15) is 6.61 Å². The van der Waals surface area contributed by atoms with Gasteiger partial charge in [0.15, 0.2) is 11.6 Å². The first kappa shape index (κ1) is 9.76. The second-order valence-electron chi connectivity index (χ2n) is 3.16. The van der Waals surface area contributed by atoms with Crippen LogP contribution in [-0.4, -0.2) is 19.8 Å². The average molecular weight is 211 g/mol. The Morgan fingerprint density at radius 1 is 1.60 bits per heavy atom. The lowest BCUT2D eigenvalue weighted by Crippen LogP contribution is -2.19. The van der Waals surface area contributed by atoms with Crippen LogP contribution in [0.5, 0.6) is 5.75 Å². The van der Waals surface area contributed by atoms with Gasteiger partial charge in [-0.2, -0.15) is 0 Å². The maximum atomic E-state index is 13.3. The normalized spacial score (nSPS) is 19.6. The molecule has 1 aromatic rings. The van der Waals surface area contributed by atoms with Crippen molar-refractivity contribution in [2.24, 2.45) is 0 Å². The van der Waals surface area contributed by atoms with Crippen molar-refractivity contribution in [3.05, 3.63) is 29.6 Å². The van der Waals surface area contributed by atoms with Crippen molar-refractivity contribution < 1.29 is 18.7 Å². The zero-order valence-electron chi connectivity index (χ0n) is 8.12. The Kier molecular flexibility index (Phi) is 2.45. The molecule has 0 saturated carbocycles. The zero-order valence-corrected chi connectivity index (χ0v) is 8.12. The number of carbonyl (C=O) groups excluding carboxylic acids is 1. The number of alkyl carbamates (subject to hydrolysis) is 1. The van der Waals surface area contributed by atoms with Crippen molar-refractivity contribution in [3.8, 4) is 5.75 Å². The largest absolute Gasteiger partial charge is 0.493 e. The molecular weight excluding hydrogens is 201 g/mol. The van der Waals surface area contributed by atoms with E-state index in [1.165, 1.54) is 13.2 Å². The topological polar surface area (TPSA) is 47.6 Å². The molecule has 4 nitrogen and oxygen atoms in total. The molecule has 0 spiro atoms. The summed E-state index contributed by atoms with van der Waals surface area (Å²) in [4.78, 5) is 10.8. The lowest BCUT2D eigenvalue weighted by Gasteiger charge is -2.12. The second-order valence-corrected chi connectivity index (χ2v) is 3.16. The highest BCUT2D eigenvalue weighted by molar-refractivity contribution is 5.70. The van der Waals surface area contributed by atoms with Gasteiger partial charge < -0.3 is 14.8 Å². The van der Waals surface area contributed by atoms with E-state index < -0.39 is 11.9 Å². The van der Waals surface area contributed by atoms with E-state index in [4.69, 9.17) is 9.47 Å². The van der Waals surface area contributed by atoms with Crippen LogP contribution in [0.4, 0.5) is 9.18 Å². The maximum Gasteiger partial charge on any atom is 0.407 e. The van der Waals surface area contributed by atoms with Crippen LogP contribution < -0.4 is 10.1 Å². The number of cyclic esters (lactones) is 1. The van der Waals surface area contributed by atoms with Crippen LogP contribution in [-0.2, 0) is 4.74 Å². The number of hydrogen-bond donors (Lipinski definition) is 1. The number of ether oxygens (including phenoxy) is 2. The van der Waals surface area contributed by atoms with Crippen molar-refractivity contribution in [3.63, 3.8) is 0 Å². The number of methoxy groups -OCH3 is 1. The molecule has 0 aliphatic carbocycles. The molecule has 0 radical (unpaired) electrons. The van der Waals surface area contributed by atoms with Crippen LogP contribution in [0, 0.1) is 5.82 Å². The number of nitrogens with one attached hydrogen (secondary N) is 1. The molecule has 5 heteroatoms.